The van der Waals surface area contributed by atoms with E-state index in [0.29, 0.717) is 0 Å². The third-order valence-electron chi connectivity index (χ3n) is 3.59. The van der Waals surface area contributed by atoms with Crippen LogP contribution in [-0.2, 0) is 0 Å². The van der Waals surface area contributed by atoms with Gasteiger partial charge in [0.2, 0.25) is 5.95 Å². The van der Waals surface area contributed by atoms with Gasteiger partial charge in [0.25, 0.3) is 5.91 Å². The van der Waals surface area contributed by atoms with Crippen LogP contribution in [0.2, 0.25) is 0 Å². The van der Waals surface area contributed by atoms with Crippen molar-refractivity contribution < 1.29 is 9.18 Å². The maximum atomic E-state index is 13.4. The average molecular weight is 250 g/mol. The zero-order valence-electron chi connectivity index (χ0n) is 10.7. The van der Waals surface area contributed by atoms with Crippen molar-refractivity contribution in [1.29, 1.82) is 0 Å². The van der Waals surface area contributed by atoms with Gasteiger partial charge in [0.15, 0.2) is 0 Å². The van der Waals surface area contributed by atoms with E-state index in [-0.39, 0.29) is 11.5 Å². The van der Waals surface area contributed by atoms with E-state index < -0.39 is 5.95 Å². The molecule has 1 saturated heterocycles. The first-order chi connectivity index (χ1) is 8.72. The summed E-state index contributed by atoms with van der Waals surface area (Å²) in [6.07, 6.45) is 5.83. The minimum atomic E-state index is -0.668. The lowest BCUT2D eigenvalue weighted by molar-refractivity contribution is 0.0681. The highest BCUT2D eigenvalue weighted by molar-refractivity contribution is 5.94. The molecule has 1 aliphatic heterocycles. The molecule has 0 saturated carbocycles. The van der Waals surface area contributed by atoms with Crippen LogP contribution in [0.4, 0.5) is 4.39 Å². The largest absolute Gasteiger partial charge is 0.338 e. The maximum absolute atomic E-state index is 13.4. The first-order valence-electron chi connectivity index (χ1n) is 6.62. The Kier molecular flexibility index (Phi) is 4.28. The number of rotatable bonds is 3. The fourth-order valence-electron chi connectivity index (χ4n) is 2.55. The molecule has 1 aliphatic rings. The van der Waals surface area contributed by atoms with Crippen molar-refractivity contribution in [1.82, 2.24) is 9.88 Å². The molecular formula is C14H19FN2O. The summed E-state index contributed by atoms with van der Waals surface area (Å²) in [6.45, 7) is 3.65. The number of nitrogens with zero attached hydrogens (tertiary/aromatic N) is 2. The quantitative estimate of drug-likeness (QED) is 0.773. The number of halogens is 1. The molecule has 0 N–H and O–H groups in total. The molecule has 4 heteroatoms. The van der Waals surface area contributed by atoms with Crippen LogP contribution in [-0.4, -0.2) is 28.9 Å². The molecule has 0 atom stereocenters. The third-order valence-corrected chi connectivity index (χ3v) is 3.59. The predicted molar refractivity (Wildman–Crippen MR) is 67.7 cm³/mol. The van der Waals surface area contributed by atoms with Gasteiger partial charge in [0.05, 0.1) is 5.56 Å². The molecule has 1 aromatic rings. The summed E-state index contributed by atoms with van der Waals surface area (Å²) in [5, 5.41) is 0. The van der Waals surface area contributed by atoms with Crippen molar-refractivity contribution in [2.45, 2.75) is 32.6 Å². The fourth-order valence-corrected chi connectivity index (χ4v) is 2.55. The molecule has 0 spiro atoms. The molecule has 1 amide bonds. The zero-order chi connectivity index (χ0) is 13.0. The number of piperidine rings is 1. The van der Waals surface area contributed by atoms with E-state index in [9.17, 15) is 9.18 Å². The van der Waals surface area contributed by atoms with Crippen molar-refractivity contribution in [3.8, 4) is 0 Å². The Labute approximate surface area is 107 Å². The highest BCUT2D eigenvalue weighted by Gasteiger charge is 2.24. The number of hydrogen-bond acceptors (Lipinski definition) is 2. The smallest absolute Gasteiger partial charge is 0.258 e. The van der Waals surface area contributed by atoms with E-state index in [4.69, 9.17) is 0 Å². The number of aromatic nitrogens is 1. The van der Waals surface area contributed by atoms with Crippen molar-refractivity contribution in [3.05, 3.63) is 29.8 Å². The Morgan fingerprint density at radius 3 is 2.83 bits per heavy atom. The normalized spacial score (nSPS) is 16.9. The lowest BCUT2D eigenvalue weighted by atomic mass is 9.92. The molecule has 0 radical (unpaired) electrons. The minimum Gasteiger partial charge on any atom is -0.338 e. The summed E-state index contributed by atoms with van der Waals surface area (Å²) in [4.78, 5) is 17.4. The first kappa shape index (κ1) is 13.0. The fraction of sp³-hybridized carbons (Fsp3) is 0.571. The summed E-state index contributed by atoms with van der Waals surface area (Å²) >= 11 is 0. The average Bonchev–Trinajstić information content (AvgIpc) is 2.40. The number of hydrogen-bond donors (Lipinski definition) is 0. The van der Waals surface area contributed by atoms with Gasteiger partial charge in [-0.05, 0) is 30.9 Å². The second kappa shape index (κ2) is 5.94. The zero-order valence-corrected chi connectivity index (χ0v) is 10.7. The molecular weight excluding hydrogens is 231 g/mol. The summed E-state index contributed by atoms with van der Waals surface area (Å²) in [7, 11) is 0. The molecule has 2 rings (SSSR count). The highest BCUT2D eigenvalue weighted by Crippen LogP contribution is 2.23. The van der Waals surface area contributed by atoms with Gasteiger partial charge in [-0.15, -0.1) is 0 Å². The summed E-state index contributed by atoms with van der Waals surface area (Å²) in [6, 6.07) is 3.10. The first-order valence-corrected chi connectivity index (χ1v) is 6.62. The molecule has 18 heavy (non-hydrogen) atoms. The van der Waals surface area contributed by atoms with Crippen LogP contribution < -0.4 is 0 Å². The van der Waals surface area contributed by atoms with Crippen LogP contribution in [0, 0.1) is 11.9 Å². The SMILES string of the molecule is CCCC1CCN(C(=O)c2cccnc2F)CC1. The maximum Gasteiger partial charge on any atom is 0.258 e. The Morgan fingerprint density at radius 1 is 1.50 bits per heavy atom. The number of carbonyl (C=O) groups is 1. The van der Waals surface area contributed by atoms with Crippen molar-refractivity contribution in [3.63, 3.8) is 0 Å². The van der Waals surface area contributed by atoms with E-state index in [0.717, 1.165) is 31.8 Å². The van der Waals surface area contributed by atoms with Crippen LogP contribution >= 0.6 is 0 Å². The van der Waals surface area contributed by atoms with E-state index in [1.807, 2.05) is 0 Å². The van der Waals surface area contributed by atoms with Crippen LogP contribution in [0.25, 0.3) is 0 Å². The summed E-state index contributed by atoms with van der Waals surface area (Å²) < 4.78 is 13.4. The van der Waals surface area contributed by atoms with Crippen molar-refractivity contribution in [2.24, 2.45) is 5.92 Å². The van der Waals surface area contributed by atoms with Gasteiger partial charge in [0, 0.05) is 19.3 Å². The molecule has 3 nitrogen and oxygen atoms in total. The molecule has 0 unspecified atom stereocenters. The van der Waals surface area contributed by atoms with Crippen LogP contribution in [0.5, 0.6) is 0 Å². The summed E-state index contributed by atoms with van der Waals surface area (Å²) in [5.41, 5.74) is 0.0893. The molecule has 1 fully saturated rings. The second-order valence-corrected chi connectivity index (χ2v) is 4.87. The Hall–Kier alpha value is -1.45. The molecule has 1 aromatic heterocycles. The van der Waals surface area contributed by atoms with Crippen LogP contribution in [0.3, 0.4) is 0 Å². The Bertz CT molecular complexity index is 414. The van der Waals surface area contributed by atoms with Gasteiger partial charge in [-0.25, -0.2) is 4.98 Å². The minimum absolute atomic E-state index is 0.0893. The van der Waals surface area contributed by atoms with Crippen LogP contribution in [0.15, 0.2) is 18.3 Å². The van der Waals surface area contributed by atoms with Gasteiger partial charge in [-0.1, -0.05) is 19.8 Å². The standard InChI is InChI=1S/C14H19FN2O/c1-2-4-11-6-9-17(10-7-11)14(18)12-5-3-8-16-13(12)15/h3,5,8,11H,2,4,6-7,9-10H2,1H3. The van der Waals surface area contributed by atoms with E-state index in [2.05, 4.69) is 11.9 Å². The molecule has 0 bridgehead atoms. The molecule has 0 aromatic carbocycles. The topological polar surface area (TPSA) is 33.2 Å². The Morgan fingerprint density at radius 2 is 2.22 bits per heavy atom. The predicted octanol–water partition coefficient (Wildman–Crippen LogP) is 2.87. The van der Waals surface area contributed by atoms with E-state index >= 15 is 0 Å². The number of pyridine rings is 1. The van der Waals surface area contributed by atoms with Gasteiger partial charge in [-0.2, -0.15) is 4.39 Å². The number of amides is 1. The van der Waals surface area contributed by atoms with Gasteiger partial charge < -0.3 is 4.90 Å². The lowest BCUT2D eigenvalue weighted by Crippen LogP contribution is -2.38. The molecule has 98 valence electrons. The van der Waals surface area contributed by atoms with Crippen molar-refractivity contribution >= 4 is 5.91 Å². The van der Waals surface area contributed by atoms with E-state index in [1.165, 1.54) is 25.1 Å². The van der Waals surface area contributed by atoms with Crippen LogP contribution in [0.1, 0.15) is 43.0 Å². The number of likely N-dealkylation sites (tertiary alicyclic amines) is 1. The van der Waals surface area contributed by atoms with Gasteiger partial charge >= 0.3 is 0 Å². The molecule has 0 aliphatic carbocycles. The third kappa shape index (κ3) is 2.86. The highest BCUT2D eigenvalue weighted by atomic mass is 19.1. The second-order valence-electron chi connectivity index (χ2n) is 4.87. The van der Waals surface area contributed by atoms with E-state index in [1.54, 1.807) is 11.0 Å². The molecule has 2 heterocycles. The Balaban J connectivity index is 1.98. The van der Waals surface area contributed by atoms with Gasteiger partial charge in [-0.3, -0.25) is 4.79 Å². The lowest BCUT2D eigenvalue weighted by Gasteiger charge is -2.31. The number of carbonyl (C=O) groups excluding carboxylic acids is 1. The van der Waals surface area contributed by atoms with Gasteiger partial charge in [0.1, 0.15) is 0 Å². The summed E-state index contributed by atoms with van der Waals surface area (Å²) in [5.74, 6) is -0.175. The van der Waals surface area contributed by atoms with Crippen molar-refractivity contribution in [2.75, 3.05) is 13.1 Å². The monoisotopic (exact) mass is 250 g/mol.